The summed E-state index contributed by atoms with van der Waals surface area (Å²) in [6, 6.07) is 2.40. The normalized spacial score (nSPS) is 15.7. The maximum absolute atomic E-state index is 6.28. The van der Waals surface area contributed by atoms with Crippen LogP contribution in [-0.2, 0) is 0 Å². The monoisotopic (exact) mass is 287 g/mol. The lowest BCUT2D eigenvalue weighted by Crippen LogP contribution is -2.27. The quantitative estimate of drug-likeness (QED) is 0.727. The summed E-state index contributed by atoms with van der Waals surface area (Å²) in [6.07, 6.45) is 2.30. The third-order valence-corrected chi connectivity index (χ3v) is 5.14. The van der Waals surface area contributed by atoms with Crippen LogP contribution in [0, 0.1) is 11.3 Å². The van der Waals surface area contributed by atoms with E-state index in [1.807, 2.05) is 6.07 Å². The molecule has 1 aromatic heterocycles. The van der Waals surface area contributed by atoms with Gasteiger partial charge in [-0.2, -0.15) is 0 Å². The molecule has 3 heteroatoms. The second-order valence-electron chi connectivity index (χ2n) is 6.14. The van der Waals surface area contributed by atoms with E-state index >= 15 is 0 Å². The molecule has 0 spiro atoms. The van der Waals surface area contributed by atoms with Crippen LogP contribution < -0.4 is 5.32 Å². The van der Waals surface area contributed by atoms with Crippen molar-refractivity contribution in [3.05, 3.63) is 21.3 Å². The van der Waals surface area contributed by atoms with Crippen LogP contribution in [0.4, 0.5) is 0 Å². The Labute approximate surface area is 121 Å². The van der Waals surface area contributed by atoms with E-state index in [9.17, 15) is 0 Å². The highest BCUT2D eigenvalue weighted by Gasteiger charge is 2.25. The highest BCUT2D eigenvalue weighted by Crippen LogP contribution is 2.37. The van der Waals surface area contributed by atoms with Gasteiger partial charge in [0.05, 0.1) is 5.02 Å². The van der Waals surface area contributed by atoms with Gasteiger partial charge in [-0.05, 0) is 42.2 Å². The summed E-state index contributed by atoms with van der Waals surface area (Å²) in [7, 11) is 0. The molecule has 1 rings (SSSR count). The van der Waals surface area contributed by atoms with E-state index in [1.54, 1.807) is 11.3 Å². The second kappa shape index (κ2) is 6.93. The summed E-state index contributed by atoms with van der Waals surface area (Å²) in [5.41, 5.74) is 0.343. The molecule has 0 saturated heterocycles. The van der Waals surface area contributed by atoms with Crippen molar-refractivity contribution in [2.24, 2.45) is 11.3 Å². The minimum Gasteiger partial charge on any atom is -0.309 e. The molecule has 104 valence electrons. The molecule has 18 heavy (non-hydrogen) atoms. The molecule has 0 aliphatic heterocycles. The van der Waals surface area contributed by atoms with E-state index in [0.717, 1.165) is 24.4 Å². The van der Waals surface area contributed by atoms with Gasteiger partial charge in [-0.25, -0.2) is 0 Å². The van der Waals surface area contributed by atoms with E-state index in [0.29, 0.717) is 17.4 Å². The maximum Gasteiger partial charge on any atom is 0.0561 e. The van der Waals surface area contributed by atoms with Crippen LogP contribution in [0.3, 0.4) is 0 Å². The summed E-state index contributed by atoms with van der Waals surface area (Å²) in [5.74, 6) is 0.657. The maximum atomic E-state index is 6.28. The summed E-state index contributed by atoms with van der Waals surface area (Å²) in [4.78, 5) is 1.29. The Morgan fingerprint density at radius 2 is 2.06 bits per heavy atom. The van der Waals surface area contributed by atoms with Gasteiger partial charge >= 0.3 is 0 Å². The van der Waals surface area contributed by atoms with Gasteiger partial charge in [0.1, 0.15) is 0 Å². The smallest absolute Gasteiger partial charge is 0.0561 e. The number of thiophene rings is 1. The SMILES string of the molecule is CCCNC(CC(C)C(C)(C)C)c1sccc1Cl. The van der Waals surface area contributed by atoms with Gasteiger partial charge in [-0.3, -0.25) is 0 Å². The third-order valence-electron chi connectivity index (χ3n) is 3.67. The Kier molecular flexibility index (Phi) is 6.16. The van der Waals surface area contributed by atoms with Crippen molar-refractivity contribution in [1.82, 2.24) is 5.32 Å². The minimum atomic E-state index is 0.343. The summed E-state index contributed by atoms with van der Waals surface area (Å²) in [6.45, 7) is 12.5. The zero-order valence-corrected chi connectivity index (χ0v) is 13.8. The molecule has 0 aliphatic carbocycles. The van der Waals surface area contributed by atoms with Crippen molar-refractivity contribution >= 4 is 22.9 Å². The largest absolute Gasteiger partial charge is 0.309 e. The fourth-order valence-electron chi connectivity index (χ4n) is 1.86. The van der Waals surface area contributed by atoms with Crippen molar-refractivity contribution in [3.8, 4) is 0 Å². The van der Waals surface area contributed by atoms with Gasteiger partial charge in [0.15, 0.2) is 0 Å². The average Bonchev–Trinajstić information content (AvgIpc) is 2.69. The van der Waals surface area contributed by atoms with E-state index in [4.69, 9.17) is 11.6 Å². The van der Waals surface area contributed by atoms with Crippen LogP contribution in [0.5, 0.6) is 0 Å². The lowest BCUT2D eigenvalue weighted by Gasteiger charge is -2.31. The summed E-state index contributed by atoms with van der Waals surface area (Å²) < 4.78 is 0. The van der Waals surface area contributed by atoms with Crippen molar-refractivity contribution in [2.45, 2.75) is 53.5 Å². The number of hydrogen-bond donors (Lipinski definition) is 1. The van der Waals surface area contributed by atoms with Crippen molar-refractivity contribution in [3.63, 3.8) is 0 Å². The fraction of sp³-hybridized carbons (Fsp3) is 0.733. The number of rotatable bonds is 6. The molecule has 1 aromatic rings. The highest BCUT2D eigenvalue weighted by atomic mass is 35.5. The Morgan fingerprint density at radius 1 is 1.39 bits per heavy atom. The Balaban J connectivity index is 2.77. The van der Waals surface area contributed by atoms with Crippen LogP contribution in [0.25, 0.3) is 0 Å². The van der Waals surface area contributed by atoms with Crippen LogP contribution in [0.2, 0.25) is 5.02 Å². The van der Waals surface area contributed by atoms with Gasteiger partial charge in [0.2, 0.25) is 0 Å². The van der Waals surface area contributed by atoms with E-state index in [2.05, 4.69) is 45.3 Å². The molecule has 0 radical (unpaired) electrons. The molecule has 1 N–H and O–H groups in total. The number of hydrogen-bond acceptors (Lipinski definition) is 2. The van der Waals surface area contributed by atoms with E-state index in [-0.39, 0.29) is 0 Å². The van der Waals surface area contributed by atoms with Crippen LogP contribution in [-0.4, -0.2) is 6.54 Å². The zero-order valence-electron chi connectivity index (χ0n) is 12.2. The lowest BCUT2D eigenvalue weighted by molar-refractivity contribution is 0.224. The Bertz CT molecular complexity index is 354. The van der Waals surface area contributed by atoms with Gasteiger partial charge < -0.3 is 5.32 Å². The molecular weight excluding hydrogens is 262 g/mol. The average molecular weight is 288 g/mol. The molecule has 0 aliphatic rings. The first-order valence-electron chi connectivity index (χ1n) is 6.82. The van der Waals surface area contributed by atoms with E-state index in [1.165, 1.54) is 4.88 Å². The standard InChI is InChI=1S/C15H26ClNS/c1-6-8-17-13(10-11(2)15(3,4)5)14-12(16)7-9-18-14/h7,9,11,13,17H,6,8,10H2,1-5H3. The van der Waals surface area contributed by atoms with Gasteiger partial charge in [-0.1, -0.05) is 46.2 Å². The zero-order chi connectivity index (χ0) is 13.8. The third kappa shape index (κ3) is 4.56. The van der Waals surface area contributed by atoms with Crippen LogP contribution in [0.1, 0.15) is 58.4 Å². The van der Waals surface area contributed by atoms with Gasteiger partial charge in [-0.15, -0.1) is 11.3 Å². The first-order valence-corrected chi connectivity index (χ1v) is 8.08. The summed E-state index contributed by atoms with van der Waals surface area (Å²) in [5, 5.41) is 6.64. The first-order chi connectivity index (χ1) is 8.36. The molecule has 0 bridgehead atoms. The number of halogens is 1. The molecule has 1 nitrogen and oxygen atoms in total. The van der Waals surface area contributed by atoms with Gasteiger partial charge in [0.25, 0.3) is 0 Å². The van der Waals surface area contributed by atoms with Crippen LogP contribution in [0.15, 0.2) is 11.4 Å². The highest BCUT2D eigenvalue weighted by molar-refractivity contribution is 7.10. The molecule has 0 saturated carbocycles. The molecule has 1 heterocycles. The molecule has 0 aromatic carbocycles. The first kappa shape index (κ1) is 16.0. The predicted octanol–water partition coefficient (Wildman–Crippen LogP) is 5.51. The molecule has 2 atom stereocenters. The lowest BCUT2D eigenvalue weighted by atomic mass is 9.78. The molecular formula is C15H26ClNS. The molecule has 0 fully saturated rings. The molecule has 0 amide bonds. The fourth-order valence-corrected chi connectivity index (χ4v) is 3.14. The van der Waals surface area contributed by atoms with Crippen molar-refractivity contribution in [1.29, 1.82) is 0 Å². The van der Waals surface area contributed by atoms with Crippen molar-refractivity contribution in [2.75, 3.05) is 6.54 Å². The van der Waals surface area contributed by atoms with Crippen LogP contribution >= 0.6 is 22.9 Å². The summed E-state index contributed by atoms with van der Waals surface area (Å²) >= 11 is 8.05. The number of nitrogens with one attached hydrogen (secondary N) is 1. The predicted molar refractivity (Wildman–Crippen MR) is 83.6 cm³/mol. The minimum absolute atomic E-state index is 0.343. The Morgan fingerprint density at radius 3 is 2.50 bits per heavy atom. The van der Waals surface area contributed by atoms with Crippen molar-refractivity contribution < 1.29 is 0 Å². The Hall–Kier alpha value is -0.0500. The van der Waals surface area contributed by atoms with E-state index < -0.39 is 0 Å². The topological polar surface area (TPSA) is 12.0 Å². The second-order valence-corrected chi connectivity index (χ2v) is 7.50. The molecule has 2 unspecified atom stereocenters. The van der Waals surface area contributed by atoms with Gasteiger partial charge in [0, 0.05) is 10.9 Å².